The molecule has 0 spiro atoms. The standard InChI is InChI=1S/C5H13NO3S/c1-3-4-5-6-9-10(2,7)8/h6H,3-5H2,1-2H3. The molecule has 0 saturated heterocycles. The van der Waals surface area contributed by atoms with Crippen molar-refractivity contribution in [2.24, 2.45) is 0 Å². The smallest absolute Gasteiger partial charge is 0.198 e. The van der Waals surface area contributed by atoms with E-state index in [1.165, 1.54) is 0 Å². The van der Waals surface area contributed by atoms with Gasteiger partial charge in [-0.25, -0.2) is 0 Å². The normalized spacial score (nSPS) is 11.8. The maximum absolute atomic E-state index is 10.3. The highest BCUT2D eigenvalue weighted by atomic mass is 32.2. The topological polar surface area (TPSA) is 55.4 Å². The monoisotopic (exact) mass is 167 g/mol. The predicted octanol–water partition coefficient (Wildman–Crippen LogP) is 0.267. The van der Waals surface area contributed by atoms with Crippen molar-refractivity contribution in [3.05, 3.63) is 0 Å². The van der Waals surface area contributed by atoms with Gasteiger partial charge in [-0.15, -0.1) is 0 Å². The molecule has 4 nitrogen and oxygen atoms in total. The van der Waals surface area contributed by atoms with Crippen LogP contribution in [0.2, 0.25) is 0 Å². The molecule has 0 bridgehead atoms. The van der Waals surface area contributed by atoms with Gasteiger partial charge in [-0.1, -0.05) is 13.3 Å². The van der Waals surface area contributed by atoms with Crippen molar-refractivity contribution in [2.75, 3.05) is 12.8 Å². The second-order valence-electron chi connectivity index (χ2n) is 2.04. The van der Waals surface area contributed by atoms with E-state index in [4.69, 9.17) is 0 Å². The van der Waals surface area contributed by atoms with E-state index in [0.717, 1.165) is 19.1 Å². The summed E-state index contributed by atoms with van der Waals surface area (Å²) < 4.78 is 24.9. The summed E-state index contributed by atoms with van der Waals surface area (Å²) >= 11 is 0. The third kappa shape index (κ3) is 7.87. The first-order valence-corrected chi connectivity index (χ1v) is 4.99. The lowest BCUT2D eigenvalue weighted by Crippen LogP contribution is -2.19. The first kappa shape index (κ1) is 9.87. The third-order valence-corrected chi connectivity index (χ3v) is 1.26. The zero-order valence-corrected chi connectivity index (χ0v) is 7.07. The molecule has 0 amide bonds. The largest absolute Gasteiger partial charge is 0.280 e. The van der Waals surface area contributed by atoms with Gasteiger partial charge < -0.3 is 0 Å². The van der Waals surface area contributed by atoms with Crippen LogP contribution in [0.3, 0.4) is 0 Å². The molecule has 0 aliphatic carbocycles. The average molecular weight is 167 g/mol. The van der Waals surface area contributed by atoms with E-state index < -0.39 is 10.1 Å². The molecule has 0 fully saturated rings. The van der Waals surface area contributed by atoms with Crippen LogP contribution in [0.25, 0.3) is 0 Å². The molecule has 0 rings (SSSR count). The first-order chi connectivity index (χ1) is 4.56. The zero-order valence-electron chi connectivity index (χ0n) is 6.25. The van der Waals surface area contributed by atoms with Crippen LogP contribution in [-0.4, -0.2) is 21.2 Å². The lowest BCUT2D eigenvalue weighted by atomic mass is 10.3. The molecule has 1 N–H and O–H groups in total. The van der Waals surface area contributed by atoms with E-state index in [0.29, 0.717) is 6.54 Å². The number of unbranched alkanes of at least 4 members (excludes halogenated alkanes) is 1. The van der Waals surface area contributed by atoms with Gasteiger partial charge in [-0.2, -0.15) is 18.2 Å². The molecule has 5 heteroatoms. The molecule has 0 aliphatic rings. The molecule has 10 heavy (non-hydrogen) atoms. The lowest BCUT2D eigenvalue weighted by molar-refractivity contribution is 0.204. The number of rotatable bonds is 5. The summed E-state index contributed by atoms with van der Waals surface area (Å²) in [6.45, 7) is 2.59. The third-order valence-electron chi connectivity index (χ3n) is 0.843. The van der Waals surface area contributed by atoms with Gasteiger partial charge in [-0.05, 0) is 6.42 Å². The minimum Gasteiger partial charge on any atom is -0.198 e. The number of hydroxylamine groups is 1. The Morgan fingerprint density at radius 2 is 2.10 bits per heavy atom. The average Bonchev–Trinajstić information content (AvgIpc) is 1.78. The molecule has 0 unspecified atom stereocenters. The Morgan fingerprint density at radius 3 is 2.50 bits per heavy atom. The van der Waals surface area contributed by atoms with Gasteiger partial charge in [0.15, 0.2) is 0 Å². The van der Waals surface area contributed by atoms with E-state index in [1.54, 1.807) is 0 Å². The fourth-order valence-corrected chi connectivity index (χ4v) is 0.695. The van der Waals surface area contributed by atoms with E-state index >= 15 is 0 Å². The number of hydrogen-bond donors (Lipinski definition) is 1. The highest BCUT2D eigenvalue weighted by molar-refractivity contribution is 7.85. The molecular weight excluding hydrogens is 154 g/mol. The molecule has 0 saturated carbocycles. The second-order valence-corrected chi connectivity index (χ2v) is 3.61. The van der Waals surface area contributed by atoms with Crippen LogP contribution in [0, 0.1) is 0 Å². The van der Waals surface area contributed by atoms with Crippen molar-refractivity contribution < 1.29 is 12.7 Å². The molecular formula is C5H13NO3S. The molecule has 0 radical (unpaired) electrons. The fraction of sp³-hybridized carbons (Fsp3) is 1.00. The Morgan fingerprint density at radius 1 is 1.50 bits per heavy atom. The van der Waals surface area contributed by atoms with Crippen molar-refractivity contribution in [1.29, 1.82) is 0 Å². The Labute approximate surface area is 61.7 Å². The van der Waals surface area contributed by atoms with Gasteiger partial charge in [0.05, 0.1) is 6.26 Å². The van der Waals surface area contributed by atoms with Gasteiger partial charge in [0.2, 0.25) is 0 Å². The van der Waals surface area contributed by atoms with Crippen molar-refractivity contribution in [3.8, 4) is 0 Å². The van der Waals surface area contributed by atoms with Crippen LogP contribution in [0.5, 0.6) is 0 Å². The summed E-state index contributed by atoms with van der Waals surface area (Å²) in [7, 11) is -3.32. The molecule has 62 valence electrons. The van der Waals surface area contributed by atoms with Gasteiger partial charge in [-0.3, -0.25) is 0 Å². The lowest BCUT2D eigenvalue weighted by Gasteiger charge is -2.00. The Kier molecular flexibility index (Phi) is 4.59. The van der Waals surface area contributed by atoms with Crippen LogP contribution in [0.15, 0.2) is 0 Å². The summed E-state index contributed by atoms with van der Waals surface area (Å²) in [5, 5.41) is 0. The first-order valence-electron chi connectivity index (χ1n) is 3.17. The Bertz CT molecular complexity index is 164. The summed E-state index contributed by atoms with van der Waals surface area (Å²) in [5.74, 6) is 0. The Balaban J connectivity index is 3.21. The molecule has 0 heterocycles. The number of hydrogen-bond acceptors (Lipinski definition) is 4. The SMILES string of the molecule is CCCCNOS(C)(=O)=O. The van der Waals surface area contributed by atoms with Crippen LogP contribution in [0.4, 0.5) is 0 Å². The van der Waals surface area contributed by atoms with Crippen molar-refractivity contribution in [1.82, 2.24) is 5.48 Å². The summed E-state index contributed by atoms with van der Waals surface area (Å²) in [6, 6.07) is 0. The van der Waals surface area contributed by atoms with Crippen molar-refractivity contribution in [2.45, 2.75) is 19.8 Å². The highest BCUT2D eigenvalue weighted by Gasteiger charge is 1.98. The second kappa shape index (κ2) is 4.65. The molecule has 0 aromatic heterocycles. The van der Waals surface area contributed by atoms with Gasteiger partial charge >= 0.3 is 0 Å². The van der Waals surface area contributed by atoms with Crippen LogP contribution < -0.4 is 5.48 Å². The maximum atomic E-state index is 10.3. The summed E-state index contributed by atoms with van der Waals surface area (Å²) in [6.07, 6.45) is 2.93. The molecule has 0 aliphatic heterocycles. The Hall–Kier alpha value is -0.130. The van der Waals surface area contributed by atoms with Gasteiger partial charge in [0.25, 0.3) is 10.1 Å². The van der Waals surface area contributed by atoms with E-state index in [2.05, 4.69) is 9.76 Å². The van der Waals surface area contributed by atoms with Crippen molar-refractivity contribution in [3.63, 3.8) is 0 Å². The van der Waals surface area contributed by atoms with E-state index in [-0.39, 0.29) is 0 Å². The van der Waals surface area contributed by atoms with Crippen LogP contribution in [0.1, 0.15) is 19.8 Å². The molecule has 0 aromatic rings. The minimum atomic E-state index is -3.32. The maximum Gasteiger partial charge on any atom is 0.280 e. The summed E-state index contributed by atoms with van der Waals surface area (Å²) in [4.78, 5) is 0. The minimum absolute atomic E-state index is 0.573. The number of nitrogens with one attached hydrogen (secondary N) is 1. The van der Waals surface area contributed by atoms with Crippen LogP contribution in [-0.2, 0) is 14.4 Å². The van der Waals surface area contributed by atoms with Crippen molar-refractivity contribution >= 4 is 10.1 Å². The van der Waals surface area contributed by atoms with Gasteiger partial charge in [0, 0.05) is 6.54 Å². The van der Waals surface area contributed by atoms with E-state index in [1.807, 2.05) is 6.92 Å². The fourth-order valence-electron chi connectivity index (χ4n) is 0.398. The molecule has 0 aromatic carbocycles. The zero-order chi connectivity index (χ0) is 8.04. The van der Waals surface area contributed by atoms with Crippen LogP contribution >= 0.6 is 0 Å². The highest BCUT2D eigenvalue weighted by Crippen LogP contribution is 1.85. The molecule has 0 atom stereocenters. The summed E-state index contributed by atoms with van der Waals surface area (Å²) in [5.41, 5.74) is 2.34. The van der Waals surface area contributed by atoms with E-state index in [9.17, 15) is 8.42 Å². The van der Waals surface area contributed by atoms with Gasteiger partial charge in [0.1, 0.15) is 0 Å². The quantitative estimate of drug-likeness (QED) is 0.471. The predicted molar refractivity (Wildman–Crippen MR) is 38.8 cm³/mol.